The van der Waals surface area contributed by atoms with Crippen molar-refractivity contribution in [2.75, 3.05) is 6.61 Å². The lowest BCUT2D eigenvalue weighted by molar-refractivity contribution is 0.267. The molecule has 0 bridgehead atoms. The molecule has 4 aromatic rings. The van der Waals surface area contributed by atoms with E-state index in [-0.39, 0.29) is 11.5 Å². The average molecular weight is 642 g/mol. The number of aromatic nitrogens is 2. The van der Waals surface area contributed by atoms with Crippen molar-refractivity contribution >= 4 is 51.3 Å². The van der Waals surface area contributed by atoms with Crippen LogP contribution in [0.2, 0.25) is 5.02 Å². The summed E-state index contributed by atoms with van der Waals surface area (Å²) in [5, 5.41) is 5.94. The Labute approximate surface area is 240 Å². The zero-order chi connectivity index (χ0) is 26.5. The van der Waals surface area contributed by atoms with E-state index < -0.39 is 0 Å². The Morgan fingerprint density at radius 3 is 2.61 bits per heavy atom. The highest BCUT2D eigenvalue weighted by Gasteiger charge is 2.22. The van der Waals surface area contributed by atoms with Crippen LogP contribution >= 0.6 is 34.2 Å². The van der Waals surface area contributed by atoms with Crippen LogP contribution in [-0.4, -0.2) is 22.5 Å². The first-order valence-electron chi connectivity index (χ1n) is 12.9. The second-order valence-electron chi connectivity index (χ2n) is 9.36. The summed E-state index contributed by atoms with van der Waals surface area (Å²) >= 11 is 8.25. The normalized spacial score (nSPS) is 14.3. The Kier molecular flexibility index (Phi) is 8.64. The number of nitrogens with zero attached hydrogens (tertiary/aromatic N) is 3. The van der Waals surface area contributed by atoms with Crippen LogP contribution in [0.25, 0.3) is 10.9 Å². The number of benzene rings is 3. The number of rotatable bonds is 8. The molecule has 1 heterocycles. The summed E-state index contributed by atoms with van der Waals surface area (Å²) in [6.45, 7) is 2.82. The van der Waals surface area contributed by atoms with Crippen molar-refractivity contribution in [1.82, 2.24) is 9.66 Å². The molecule has 0 spiro atoms. The van der Waals surface area contributed by atoms with Gasteiger partial charge in [0.25, 0.3) is 5.56 Å². The highest BCUT2D eigenvalue weighted by molar-refractivity contribution is 14.1. The quantitative estimate of drug-likeness (QED) is 0.147. The zero-order valence-electron chi connectivity index (χ0n) is 21.2. The molecule has 0 saturated heterocycles. The molecule has 0 atom stereocenters. The molecule has 38 heavy (non-hydrogen) atoms. The zero-order valence-corrected chi connectivity index (χ0v) is 24.1. The number of halogens is 2. The van der Waals surface area contributed by atoms with Crippen LogP contribution in [0.4, 0.5) is 0 Å². The Hall–Kier alpha value is -2.91. The predicted octanol–water partition coefficient (Wildman–Crippen LogP) is 7.56. The molecule has 3 aromatic carbocycles. The number of fused-ring (bicyclic) bond motifs is 1. The van der Waals surface area contributed by atoms with Crippen molar-refractivity contribution in [1.29, 1.82) is 0 Å². The summed E-state index contributed by atoms with van der Waals surface area (Å²) in [5.74, 6) is 2.27. The van der Waals surface area contributed by atoms with Crippen molar-refractivity contribution in [2.24, 2.45) is 5.10 Å². The largest absolute Gasteiger partial charge is 0.490 e. The van der Waals surface area contributed by atoms with E-state index in [1.165, 1.54) is 11.1 Å². The molecule has 1 aromatic heterocycles. The Bertz CT molecular complexity index is 1510. The van der Waals surface area contributed by atoms with Gasteiger partial charge in [0.15, 0.2) is 11.5 Å². The molecule has 0 amide bonds. The van der Waals surface area contributed by atoms with E-state index in [2.05, 4.69) is 27.7 Å². The van der Waals surface area contributed by atoms with Gasteiger partial charge in [-0.25, -0.2) is 4.98 Å². The molecule has 0 N–H and O–H groups in total. The van der Waals surface area contributed by atoms with Crippen molar-refractivity contribution in [3.63, 3.8) is 0 Å². The maximum atomic E-state index is 13.5. The molecule has 1 aliphatic carbocycles. The van der Waals surface area contributed by atoms with Crippen LogP contribution in [0, 0.1) is 3.57 Å². The molecule has 1 saturated carbocycles. The average Bonchev–Trinajstić information content (AvgIpc) is 2.93. The maximum absolute atomic E-state index is 13.5. The molecular formula is C30H29ClIN3O3. The van der Waals surface area contributed by atoms with Gasteiger partial charge in [0.1, 0.15) is 12.4 Å². The Morgan fingerprint density at radius 2 is 1.84 bits per heavy atom. The lowest BCUT2D eigenvalue weighted by Crippen LogP contribution is -2.25. The molecule has 1 aliphatic rings. The third-order valence-corrected chi connectivity index (χ3v) is 7.75. The van der Waals surface area contributed by atoms with E-state index >= 15 is 0 Å². The summed E-state index contributed by atoms with van der Waals surface area (Å²) in [5.41, 5.74) is 2.40. The third kappa shape index (κ3) is 6.04. The second-order valence-corrected chi connectivity index (χ2v) is 11.0. The predicted molar refractivity (Wildman–Crippen MR) is 161 cm³/mol. The van der Waals surface area contributed by atoms with Gasteiger partial charge in [0.05, 0.1) is 27.3 Å². The van der Waals surface area contributed by atoms with E-state index in [4.69, 9.17) is 26.1 Å². The minimum absolute atomic E-state index is 0.143. The molecule has 5 rings (SSSR count). The number of hydrogen-bond acceptors (Lipinski definition) is 5. The molecule has 0 radical (unpaired) electrons. The lowest BCUT2D eigenvalue weighted by atomic mass is 9.88. The fourth-order valence-electron chi connectivity index (χ4n) is 4.80. The van der Waals surface area contributed by atoms with E-state index in [0.717, 1.165) is 51.7 Å². The van der Waals surface area contributed by atoms with Gasteiger partial charge in [-0.3, -0.25) is 4.79 Å². The van der Waals surface area contributed by atoms with Gasteiger partial charge in [-0.05, 0) is 89.9 Å². The summed E-state index contributed by atoms with van der Waals surface area (Å²) in [7, 11) is 0. The molecule has 0 unspecified atom stereocenters. The maximum Gasteiger partial charge on any atom is 0.282 e. The van der Waals surface area contributed by atoms with Crippen LogP contribution in [0.3, 0.4) is 0 Å². The van der Waals surface area contributed by atoms with Crippen molar-refractivity contribution in [3.05, 3.63) is 96.6 Å². The molecule has 8 heteroatoms. The monoisotopic (exact) mass is 641 g/mol. The van der Waals surface area contributed by atoms with Crippen molar-refractivity contribution < 1.29 is 9.47 Å². The minimum Gasteiger partial charge on any atom is -0.490 e. The molecular weight excluding hydrogens is 613 g/mol. The number of para-hydroxylation sites is 1. The first-order chi connectivity index (χ1) is 18.5. The topological polar surface area (TPSA) is 65.7 Å². The molecule has 1 fully saturated rings. The van der Waals surface area contributed by atoms with Crippen LogP contribution in [0.1, 0.15) is 61.9 Å². The van der Waals surface area contributed by atoms with Crippen LogP contribution in [0.15, 0.2) is 70.6 Å². The fourth-order valence-corrected chi connectivity index (χ4v) is 5.71. The van der Waals surface area contributed by atoms with E-state index in [0.29, 0.717) is 35.1 Å². The summed E-state index contributed by atoms with van der Waals surface area (Å²) in [6.07, 6.45) is 7.26. The van der Waals surface area contributed by atoms with Gasteiger partial charge in [0, 0.05) is 10.9 Å². The first kappa shape index (κ1) is 26.7. The Morgan fingerprint density at radius 1 is 1.08 bits per heavy atom. The number of ether oxygens (including phenoxy) is 2. The number of hydrogen-bond donors (Lipinski definition) is 0. The van der Waals surface area contributed by atoms with Crippen molar-refractivity contribution in [3.8, 4) is 11.5 Å². The smallest absolute Gasteiger partial charge is 0.282 e. The van der Waals surface area contributed by atoms with Gasteiger partial charge in [-0.1, -0.05) is 55.1 Å². The van der Waals surface area contributed by atoms with Gasteiger partial charge in [0.2, 0.25) is 0 Å². The molecule has 196 valence electrons. The summed E-state index contributed by atoms with van der Waals surface area (Å²) in [6, 6.07) is 18.9. The van der Waals surface area contributed by atoms with E-state index in [9.17, 15) is 4.79 Å². The summed E-state index contributed by atoms with van der Waals surface area (Å²) in [4.78, 5) is 18.4. The van der Waals surface area contributed by atoms with Gasteiger partial charge >= 0.3 is 0 Å². The van der Waals surface area contributed by atoms with Crippen LogP contribution in [-0.2, 0) is 6.61 Å². The third-order valence-electron chi connectivity index (χ3n) is 6.70. The van der Waals surface area contributed by atoms with Crippen LogP contribution in [0.5, 0.6) is 11.5 Å². The fraction of sp³-hybridized carbons (Fsp3) is 0.300. The molecule has 6 nitrogen and oxygen atoms in total. The first-order valence-corrected chi connectivity index (χ1v) is 14.4. The second kappa shape index (κ2) is 12.3. The lowest BCUT2D eigenvalue weighted by Gasteiger charge is -2.22. The van der Waals surface area contributed by atoms with E-state index in [1.54, 1.807) is 6.21 Å². The van der Waals surface area contributed by atoms with E-state index in [1.807, 2.05) is 67.6 Å². The summed E-state index contributed by atoms with van der Waals surface area (Å²) < 4.78 is 14.5. The highest BCUT2D eigenvalue weighted by Crippen LogP contribution is 2.35. The van der Waals surface area contributed by atoms with Gasteiger partial charge in [-0.15, -0.1) is 0 Å². The van der Waals surface area contributed by atoms with Crippen LogP contribution < -0.4 is 15.0 Å². The van der Waals surface area contributed by atoms with Gasteiger partial charge < -0.3 is 9.47 Å². The minimum atomic E-state index is -0.143. The standard InChI is InChI=1S/C30H29ClIN3O3/c1-2-37-27-17-21(16-25(32)28(27)38-19-20-12-14-23(31)15-13-20)18-33-35-29(22-8-4-3-5-9-22)34-26-11-7-6-10-24(26)30(35)36/h6-7,10-18,22H,2-5,8-9,19H2,1H3. The van der Waals surface area contributed by atoms with Gasteiger partial charge in [-0.2, -0.15) is 9.78 Å². The molecule has 0 aliphatic heterocycles. The van der Waals surface area contributed by atoms with Crippen molar-refractivity contribution in [2.45, 2.75) is 51.6 Å². The Balaban J connectivity index is 1.48. The highest BCUT2D eigenvalue weighted by atomic mass is 127. The SMILES string of the molecule is CCOc1cc(C=Nn2c(C3CCCCC3)nc3ccccc3c2=O)cc(I)c1OCc1ccc(Cl)cc1.